The van der Waals surface area contributed by atoms with Crippen LogP contribution in [0.3, 0.4) is 0 Å². The highest BCUT2D eigenvalue weighted by Crippen LogP contribution is 2.36. The third-order valence-corrected chi connectivity index (χ3v) is 8.87. The minimum atomic E-state index is 0.0125. The van der Waals surface area contributed by atoms with Gasteiger partial charge in [0.15, 0.2) is 17.3 Å². The normalized spacial score (nSPS) is 16.7. The Morgan fingerprint density at radius 3 is 2.58 bits per heavy atom. The number of pyridine rings is 3. The second-order valence-electron chi connectivity index (χ2n) is 11.6. The molecule has 6 aromatic rings. The first-order chi connectivity index (χ1) is 22.1. The summed E-state index contributed by atoms with van der Waals surface area (Å²) in [7, 11) is 0. The Morgan fingerprint density at radius 2 is 1.78 bits per heavy atom. The van der Waals surface area contributed by atoms with E-state index < -0.39 is 0 Å². The van der Waals surface area contributed by atoms with E-state index in [1.165, 1.54) is 11.1 Å². The molecule has 1 saturated heterocycles. The molecule has 1 amide bonds. The van der Waals surface area contributed by atoms with Crippen molar-refractivity contribution in [2.24, 2.45) is 0 Å². The quantitative estimate of drug-likeness (QED) is 0.287. The molecular formula is C34H32N10O. The fraction of sp³-hybridized carbons (Fsp3) is 0.235. The summed E-state index contributed by atoms with van der Waals surface area (Å²) in [4.78, 5) is 33.3. The number of amides is 1. The number of anilines is 1. The van der Waals surface area contributed by atoms with Crippen LogP contribution < -0.4 is 11.1 Å². The molecule has 2 aliphatic rings. The lowest BCUT2D eigenvalue weighted by molar-refractivity contribution is 0.0695. The lowest BCUT2D eigenvalue weighted by atomic mass is 10.0. The largest absolute Gasteiger partial charge is 0.383 e. The number of carbonyl (C=O) groups is 1. The highest BCUT2D eigenvalue weighted by molar-refractivity contribution is 5.92. The Balaban J connectivity index is 1.07. The van der Waals surface area contributed by atoms with Gasteiger partial charge in [0.25, 0.3) is 5.91 Å². The smallest absolute Gasteiger partial charge is 0.272 e. The van der Waals surface area contributed by atoms with E-state index in [2.05, 4.69) is 43.1 Å². The van der Waals surface area contributed by atoms with Crippen molar-refractivity contribution in [3.8, 4) is 22.9 Å². The van der Waals surface area contributed by atoms with Crippen LogP contribution in [0.2, 0.25) is 0 Å². The summed E-state index contributed by atoms with van der Waals surface area (Å²) in [5, 5.41) is 8.28. The Labute approximate surface area is 259 Å². The summed E-state index contributed by atoms with van der Waals surface area (Å²) in [6.45, 7) is 1.46. The molecule has 224 valence electrons. The van der Waals surface area contributed by atoms with E-state index in [9.17, 15) is 4.79 Å². The number of imidazole rings is 1. The fourth-order valence-electron chi connectivity index (χ4n) is 6.61. The predicted molar refractivity (Wildman–Crippen MR) is 171 cm³/mol. The summed E-state index contributed by atoms with van der Waals surface area (Å²) < 4.78 is 3.82. The molecule has 11 nitrogen and oxygen atoms in total. The summed E-state index contributed by atoms with van der Waals surface area (Å²) in [6.07, 6.45) is 10.8. The number of nitrogen functional groups attached to an aromatic ring is 1. The minimum Gasteiger partial charge on any atom is -0.383 e. The topological polar surface area (TPSA) is 133 Å². The molecule has 6 heterocycles. The van der Waals surface area contributed by atoms with Gasteiger partial charge in [-0.1, -0.05) is 12.1 Å². The third kappa shape index (κ3) is 5.00. The maximum atomic E-state index is 12.9. The molecule has 0 bridgehead atoms. The number of nitrogens with zero attached hydrogens (tertiary/aromatic N) is 8. The molecule has 0 saturated carbocycles. The molecule has 1 aliphatic heterocycles. The maximum absolute atomic E-state index is 12.9. The lowest BCUT2D eigenvalue weighted by Gasteiger charge is -2.34. The number of nitrogens with one attached hydrogen (secondary N) is 1. The molecule has 1 atom stereocenters. The zero-order valence-corrected chi connectivity index (χ0v) is 24.6. The van der Waals surface area contributed by atoms with Crippen LogP contribution in [0.4, 0.5) is 5.82 Å². The van der Waals surface area contributed by atoms with Crippen molar-refractivity contribution in [3.63, 3.8) is 0 Å². The molecule has 0 radical (unpaired) electrons. The van der Waals surface area contributed by atoms with Crippen molar-refractivity contribution >= 4 is 22.9 Å². The van der Waals surface area contributed by atoms with Gasteiger partial charge in [0, 0.05) is 55.6 Å². The Kier molecular flexibility index (Phi) is 6.79. The van der Waals surface area contributed by atoms with Crippen LogP contribution in [-0.2, 0) is 6.42 Å². The van der Waals surface area contributed by atoms with E-state index >= 15 is 0 Å². The SMILES string of the molecule is Nc1ncccc1-c1nc2ccc(-n3cccn3)nc2n1-c1ccc2c(c1)CC[C@@H]2NC1CCN(C(=O)c2ccccn2)CC1. The van der Waals surface area contributed by atoms with Gasteiger partial charge in [0.2, 0.25) is 0 Å². The van der Waals surface area contributed by atoms with E-state index in [-0.39, 0.29) is 11.9 Å². The van der Waals surface area contributed by atoms with E-state index in [4.69, 9.17) is 15.7 Å². The number of likely N-dealkylation sites (tertiary alicyclic amines) is 1. The molecule has 1 aromatic carbocycles. The Bertz CT molecular complexity index is 2000. The van der Waals surface area contributed by atoms with Crippen molar-refractivity contribution in [2.45, 2.75) is 37.8 Å². The molecule has 3 N–H and O–H groups in total. The summed E-state index contributed by atoms with van der Waals surface area (Å²) in [6, 6.07) is 22.3. The van der Waals surface area contributed by atoms with Crippen LogP contribution in [0.25, 0.3) is 34.1 Å². The highest BCUT2D eigenvalue weighted by Gasteiger charge is 2.29. The number of hydrogen-bond acceptors (Lipinski definition) is 8. The molecule has 0 spiro atoms. The second kappa shape index (κ2) is 11.3. The van der Waals surface area contributed by atoms with E-state index in [1.807, 2.05) is 53.6 Å². The summed E-state index contributed by atoms with van der Waals surface area (Å²) in [5.41, 5.74) is 12.7. The predicted octanol–water partition coefficient (Wildman–Crippen LogP) is 4.53. The van der Waals surface area contributed by atoms with Gasteiger partial charge >= 0.3 is 0 Å². The fourth-order valence-corrected chi connectivity index (χ4v) is 6.61. The van der Waals surface area contributed by atoms with Crippen molar-refractivity contribution < 1.29 is 4.79 Å². The van der Waals surface area contributed by atoms with Crippen LogP contribution >= 0.6 is 0 Å². The molecule has 45 heavy (non-hydrogen) atoms. The molecule has 1 fully saturated rings. The molecule has 11 heteroatoms. The first kappa shape index (κ1) is 27.2. The van der Waals surface area contributed by atoms with Gasteiger partial charge in [-0.15, -0.1) is 0 Å². The summed E-state index contributed by atoms with van der Waals surface area (Å²) >= 11 is 0. The van der Waals surface area contributed by atoms with Gasteiger partial charge in [-0.3, -0.25) is 14.3 Å². The van der Waals surface area contributed by atoms with Gasteiger partial charge in [0.1, 0.15) is 17.0 Å². The molecule has 5 aromatic heterocycles. The number of nitrogens with two attached hydrogens (primary N) is 1. The number of rotatable bonds is 6. The molecular weight excluding hydrogens is 564 g/mol. The van der Waals surface area contributed by atoms with Crippen LogP contribution in [-0.4, -0.2) is 64.2 Å². The number of hydrogen-bond donors (Lipinski definition) is 2. The van der Waals surface area contributed by atoms with Gasteiger partial charge in [-0.25, -0.2) is 19.6 Å². The Hall–Kier alpha value is -5.42. The zero-order valence-electron chi connectivity index (χ0n) is 24.6. The molecule has 0 unspecified atom stereocenters. The van der Waals surface area contributed by atoms with Crippen LogP contribution in [0.5, 0.6) is 0 Å². The average Bonchev–Trinajstić information content (AvgIpc) is 3.84. The van der Waals surface area contributed by atoms with Crippen LogP contribution in [0.15, 0.2) is 91.5 Å². The van der Waals surface area contributed by atoms with E-state index in [0.29, 0.717) is 29.2 Å². The number of benzene rings is 1. The first-order valence-electron chi connectivity index (χ1n) is 15.3. The number of piperidine rings is 1. The minimum absolute atomic E-state index is 0.0125. The number of carbonyl (C=O) groups excluding carboxylic acids is 1. The molecule has 8 rings (SSSR count). The van der Waals surface area contributed by atoms with Crippen molar-refractivity contribution in [3.05, 3.63) is 108 Å². The monoisotopic (exact) mass is 596 g/mol. The highest BCUT2D eigenvalue weighted by atomic mass is 16.2. The Morgan fingerprint density at radius 1 is 0.889 bits per heavy atom. The number of aryl methyl sites for hydroxylation is 1. The van der Waals surface area contributed by atoms with Gasteiger partial charge in [-0.05, 0) is 91.4 Å². The first-order valence-corrected chi connectivity index (χ1v) is 15.3. The van der Waals surface area contributed by atoms with E-state index in [1.54, 1.807) is 29.3 Å². The lowest BCUT2D eigenvalue weighted by Crippen LogP contribution is -2.45. The standard InChI is InChI=1S/C34H32N10O/c35-31-26(5-3-16-37-31)32-40-28-11-12-30(43-18-4-17-38-43)41-33(28)44(32)24-8-9-25-22(21-24)7-10-27(25)39-23-13-19-42(20-14-23)34(45)29-6-1-2-15-36-29/h1-6,8-9,11-12,15-18,21,23,27,39H,7,10,13-14,19-20H2,(H2,35,37)/t27-/m0/s1. The zero-order chi connectivity index (χ0) is 30.3. The van der Waals surface area contributed by atoms with Gasteiger partial charge < -0.3 is 16.0 Å². The van der Waals surface area contributed by atoms with Gasteiger partial charge in [-0.2, -0.15) is 5.10 Å². The van der Waals surface area contributed by atoms with Crippen LogP contribution in [0, 0.1) is 0 Å². The van der Waals surface area contributed by atoms with Crippen LogP contribution in [0.1, 0.15) is 46.9 Å². The number of aromatic nitrogens is 7. The average molecular weight is 597 g/mol. The van der Waals surface area contributed by atoms with Crippen molar-refractivity contribution in [1.29, 1.82) is 0 Å². The van der Waals surface area contributed by atoms with E-state index in [0.717, 1.165) is 61.2 Å². The van der Waals surface area contributed by atoms with Crippen molar-refractivity contribution in [2.75, 3.05) is 18.8 Å². The number of fused-ring (bicyclic) bond motifs is 2. The van der Waals surface area contributed by atoms with Gasteiger partial charge in [0.05, 0.1) is 5.56 Å². The maximum Gasteiger partial charge on any atom is 0.272 e. The second-order valence-corrected chi connectivity index (χ2v) is 11.6. The third-order valence-electron chi connectivity index (χ3n) is 8.87. The van der Waals surface area contributed by atoms with Crippen molar-refractivity contribution in [1.82, 2.24) is 44.5 Å². The summed E-state index contributed by atoms with van der Waals surface area (Å²) in [5.74, 6) is 1.83. The molecule has 1 aliphatic carbocycles.